The molecule has 0 saturated heterocycles. The van der Waals surface area contributed by atoms with Crippen LogP contribution in [0, 0.1) is 5.82 Å². The summed E-state index contributed by atoms with van der Waals surface area (Å²) in [7, 11) is 0. The molecule has 0 fully saturated rings. The van der Waals surface area contributed by atoms with Gasteiger partial charge in [-0.2, -0.15) is 0 Å². The first-order chi connectivity index (χ1) is 6.22. The number of amides is 1. The highest BCUT2D eigenvalue weighted by atomic mass is 19.1. The van der Waals surface area contributed by atoms with E-state index in [9.17, 15) is 9.18 Å². The minimum absolute atomic E-state index is 0.0960. The zero-order valence-electron chi connectivity index (χ0n) is 6.75. The fraction of sp³-hybridized carbons (Fsp3) is 0.111. The normalized spacial score (nSPS) is 14.3. The van der Waals surface area contributed by atoms with Crippen LogP contribution < -0.4 is 16.3 Å². The Morgan fingerprint density at radius 3 is 2.92 bits per heavy atom. The molecule has 4 heteroatoms. The molecule has 2 rings (SSSR count). The third kappa shape index (κ3) is 1.15. The lowest BCUT2D eigenvalue weighted by Gasteiger charge is -1.91. The van der Waals surface area contributed by atoms with Crippen LogP contribution in [0.2, 0.25) is 0 Å². The highest BCUT2D eigenvalue weighted by Crippen LogP contribution is 1.98. The van der Waals surface area contributed by atoms with Crippen molar-refractivity contribution in [2.24, 2.45) is 10.7 Å². The molecule has 1 aromatic carbocycles. The Labute approximate surface area is 73.4 Å². The molecule has 66 valence electrons. The monoisotopic (exact) mass is 178 g/mol. The van der Waals surface area contributed by atoms with Crippen LogP contribution in [0.15, 0.2) is 23.2 Å². The summed E-state index contributed by atoms with van der Waals surface area (Å²) in [6.07, 6.45) is 0. The van der Waals surface area contributed by atoms with Crippen molar-refractivity contribution in [3.05, 3.63) is 34.6 Å². The smallest absolute Gasteiger partial charge is 0.275 e. The van der Waals surface area contributed by atoms with E-state index in [1.807, 2.05) is 0 Å². The van der Waals surface area contributed by atoms with E-state index in [4.69, 9.17) is 5.73 Å². The van der Waals surface area contributed by atoms with Crippen molar-refractivity contribution < 1.29 is 9.18 Å². The van der Waals surface area contributed by atoms with Gasteiger partial charge in [-0.05, 0) is 18.2 Å². The van der Waals surface area contributed by atoms with Crippen molar-refractivity contribution >= 4 is 11.5 Å². The average molecular weight is 178 g/mol. The first kappa shape index (κ1) is 8.07. The van der Waals surface area contributed by atoms with E-state index in [1.165, 1.54) is 18.2 Å². The number of carbonyl (C=O) groups excluding carboxylic acids is 1. The number of nitrogens with zero attached hydrogens (tertiary/aromatic N) is 1. The van der Waals surface area contributed by atoms with E-state index in [2.05, 4.69) is 4.99 Å². The molecule has 0 radical (unpaired) electrons. The average Bonchev–Trinajstić information content (AvgIpc) is 2.40. The van der Waals surface area contributed by atoms with Gasteiger partial charge in [0.25, 0.3) is 5.91 Å². The number of nitrogens with two attached hydrogens (primary N) is 1. The van der Waals surface area contributed by atoms with Gasteiger partial charge in [0.2, 0.25) is 0 Å². The van der Waals surface area contributed by atoms with Crippen LogP contribution in [0.5, 0.6) is 0 Å². The predicted molar refractivity (Wildman–Crippen MR) is 44.7 cm³/mol. The van der Waals surface area contributed by atoms with Crippen LogP contribution >= 0.6 is 0 Å². The molecule has 13 heavy (non-hydrogen) atoms. The van der Waals surface area contributed by atoms with Gasteiger partial charge in [0.15, 0.2) is 0 Å². The minimum Gasteiger partial charge on any atom is -0.326 e. The second-order valence-corrected chi connectivity index (χ2v) is 2.76. The van der Waals surface area contributed by atoms with E-state index in [-0.39, 0.29) is 18.3 Å². The van der Waals surface area contributed by atoms with Crippen molar-refractivity contribution in [1.82, 2.24) is 0 Å². The lowest BCUT2D eigenvalue weighted by atomic mass is 10.2. The van der Waals surface area contributed by atoms with Gasteiger partial charge in [-0.1, -0.05) is 0 Å². The summed E-state index contributed by atoms with van der Waals surface area (Å²) < 4.78 is 12.8. The first-order valence-electron chi connectivity index (χ1n) is 3.84. The van der Waals surface area contributed by atoms with Gasteiger partial charge in [-0.3, -0.25) is 4.79 Å². The van der Waals surface area contributed by atoms with Crippen molar-refractivity contribution in [3.8, 4) is 0 Å². The molecular weight excluding hydrogens is 171 g/mol. The summed E-state index contributed by atoms with van der Waals surface area (Å²) in [5, 5.41) is 1.03. The molecule has 0 spiro atoms. The van der Waals surface area contributed by atoms with Crippen LogP contribution in [0.3, 0.4) is 0 Å². The molecule has 3 nitrogen and oxygen atoms in total. The van der Waals surface area contributed by atoms with Gasteiger partial charge in [0.1, 0.15) is 5.82 Å². The Morgan fingerprint density at radius 1 is 1.46 bits per heavy atom. The Kier molecular flexibility index (Phi) is 1.70. The molecule has 1 aliphatic rings. The number of hydrogen-bond acceptors (Lipinski definition) is 2. The predicted octanol–water partition coefficient (Wildman–Crippen LogP) is -0.905. The van der Waals surface area contributed by atoms with Crippen LogP contribution in [-0.4, -0.2) is 12.5 Å². The minimum atomic E-state index is -0.380. The summed E-state index contributed by atoms with van der Waals surface area (Å²) in [5.41, 5.74) is 5.73. The Balaban J connectivity index is 2.87. The molecular formula is C9H7FN2O. The highest BCUT2D eigenvalue weighted by Gasteiger charge is 2.14. The molecule has 2 N–H and O–H groups in total. The Hall–Kier alpha value is -1.55. The van der Waals surface area contributed by atoms with Crippen molar-refractivity contribution in [1.29, 1.82) is 0 Å². The Morgan fingerprint density at radius 2 is 2.23 bits per heavy atom. The number of halogens is 1. The number of hydrogen-bond donors (Lipinski definition) is 1. The van der Waals surface area contributed by atoms with E-state index >= 15 is 0 Å². The second kappa shape index (κ2) is 2.74. The molecule has 1 aliphatic heterocycles. The van der Waals surface area contributed by atoms with E-state index in [0.29, 0.717) is 16.1 Å². The van der Waals surface area contributed by atoms with Crippen LogP contribution in [0.4, 0.5) is 4.39 Å². The van der Waals surface area contributed by atoms with Gasteiger partial charge < -0.3 is 5.73 Å². The highest BCUT2D eigenvalue weighted by molar-refractivity contribution is 6.15. The van der Waals surface area contributed by atoms with Gasteiger partial charge in [0, 0.05) is 17.3 Å². The maximum absolute atomic E-state index is 12.8. The number of carbonyl (C=O) groups is 1. The molecule has 0 saturated carbocycles. The van der Waals surface area contributed by atoms with Gasteiger partial charge >= 0.3 is 0 Å². The maximum Gasteiger partial charge on any atom is 0.275 e. The quantitative estimate of drug-likeness (QED) is 0.605. The van der Waals surface area contributed by atoms with Crippen molar-refractivity contribution in [2.75, 3.05) is 6.54 Å². The van der Waals surface area contributed by atoms with Gasteiger partial charge in [-0.25, -0.2) is 9.38 Å². The lowest BCUT2D eigenvalue weighted by molar-refractivity contribution is -0.112. The van der Waals surface area contributed by atoms with Crippen LogP contribution in [0.25, 0.3) is 5.57 Å². The van der Waals surface area contributed by atoms with E-state index in [1.54, 1.807) is 0 Å². The fourth-order valence-corrected chi connectivity index (χ4v) is 1.34. The van der Waals surface area contributed by atoms with Crippen LogP contribution in [0.1, 0.15) is 0 Å². The summed E-state index contributed by atoms with van der Waals surface area (Å²) in [6, 6.07) is 4.03. The molecule has 0 aliphatic carbocycles. The molecule has 0 aromatic heterocycles. The van der Waals surface area contributed by atoms with Gasteiger partial charge in [0.05, 0.1) is 5.36 Å². The Bertz CT molecular complexity index is 493. The molecule has 0 bridgehead atoms. The molecule has 0 unspecified atom stereocenters. The lowest BCUT2D eigenvalue weighted by Crippen LogP contribution is -2.25. The maximum atomic E-state index is 12.8. The first-order valence-corrected chi connectivity index (χ1v) is 3.84. The second-order valence-electron chi connectivity index (χ2n) is 2.76. The third-order valence-corrected chi connectivity index (χ3v) is 1.97. The standard InChI is InChI=1S/C9H7FN2O/c10-5-1-2-8-6(3-5)7(4-11)9(13)12-8/h1-3H,4,11H2. The van der Waals surface area contributed by atoms with E-state index < -0.39 is 0 Å². The largest absolute Gasteiger partial charge is 0.326 e. The summed E-state index contributed by atoms with van der Waals surface area (Å²) in [5.74, 6) is -0.738. The van der Waals surface area contributed by atoms with Crippen molar-refractivity contribution in [2.45, 2.75) is 0 Å². The molecule has 1 heterocycles. The summed E-state index contributed by atoms with van der Waals surface area (Å²) in [4.78, 5) is 14.9. The fourth-order valence-electron chi connectivity index (χ4n) is 1.34. The van der Waals surface area contributed by atoms with Gasteiger partial charge in [-0.15, -0.1) is 0 Å². The summed E-state index contributed by atoms with van der Waals surface area (Å²) in [6.45, 7) is 0.0960. The molecule has 1 amide bonds. The van der Waals surface area contributed by atoms with E-state index in [0.717, 1.165) is 0 Å². The van der Waals surface area contributed by atoms with Crippen LogP contribution in [-0.2, 0) is 4.79 Å². The zero-order chi connectivity index (χ0) is 9.42. The topological polar surface area (TPSA) is 55.4 Å². The number of rotatable bonds is 1. The molecule has 1 aromatic rings. The number of benzene rings is 1. The molecule has 0 atom stereocenters. The zero-order valence-corrected chi connectivity index (χ0v) is 6.75. The summed E-state index contributed by atoms with van der Waals surface area (Å²) >= 11 is 0. The van der Waals surface area contributed by atoms with Crippen molar-refractivity contribution in [3.63, 3.8) is 0 Å². The SMILES string of the molecule is NCC1=c2cc(F)ccc2=NC1=O. The number of fused-ring (bicyclic) bond motifs is 1. The third-order valence-electron chi connectivity index (χ3n) is 1.97.